The topological polar surface area (TPSA) is 62.7 Å². The second-order valence-corrected chi connectivity index (χ2v) is 4.17. The SMILES string of the molecule is N#Cc1ccnc(N)c1-c1ccc(Cl)c(Cl)c1. The number of hydrogen-bond acceptors (Lipinski definition) is 3. The summed E-state index contributed by atoms with van der Waals surface area (Å²) in [7, 11) is 0. The molecular formula is C12H7Cl2N3. The van der Waals surface area contributed by atoms with Crippen LogP contribution in [0, 0.1) is 11.3 Å². The van der Waals surface area contributed by atoms with Crippen molar-refractivity contribution >= 4 is 29.0 Å². The zero-order valence-corrected chi connectivity index (χ0v) is 10.1. The van der Waals surface area contributed by atoms with Crippen molar-refractivity contribution in [2.24, 2.45) is 0 Å². The molecule has 0 amide bonds. The Hall–Kier alpha value is -1.76. The molecule has 0 spiro atoms. The van der Waals surface area contributed by atoms with Crippen molar-refractivity contribution in [3.8, 4) is 17.2 Å². The van der Waals surface area contributed by atoms with Gasteiger partial charge in [0.25, 0.3) is 0 Å². The number of hydrogen-bond donors (Lipinski definition) is 1. The van der Waals surface area contributed by atoms with Gasteiger partial charge in [0, 0.05) is 11.8 Å². The maximum absolute atomic E-state index is 9.04. The Morgan fingerprint density at radius 3 is 2.59 bits per heavy atom. The molecule has 0 aliphatic heterocycles. The molecule has 0 aliphatic rings. The number of nitrogens with two attached hydrogens (primary N) is 1. The minimum Gasteiger partial charge on any atom is -0.383 e. The Morgan fingerprint density at radius 2 is 1.94 bits per heavy atom. The minimum absolute atomic E-state index is 0.294. The first-order valence-corrected chi connectivity index (χ1v) is 5.49. The normalized spacial score (nSPS) is 9.94. The maximum Gasteiger partial charge on any atom is 0.132 e. The molecule has 2 aromatic rings. The molecule has 84 valence electrons. The van der Waals surface area contributed by atoms with Crippen LogP contribution in [0.25, 0.3) is 11.1 Å². The number of anilines is 1. The summed E-state index contributed by atoms with van der Waals surface area (Å²) in [5.41, 5.74) is 7.53. The average Bonchev–Trinajstić information content (AvgIpc) is 2.32. The smallest absolute Gasteiger partial charge is 0.132 e. The van der Waals surface area contributed by atoms with Crippen LogP contribution in [-0.4, -0.2) is 4.98 Å². The van der Waals surface area contributed by atoms with Crippen molar-refractivity contribution in [2.75, 3.05) is 5.73 Å². The molecule has 0 saturated carbocycles. The van der Waals surface area contributed by atoms with E-state index in [4.69, 9.17) is 34.2 Å². The highest BCUT2D eigenvalue weighted by atomic mass is 35.5. The van der Waals surface area contributed by atoms with Crippen molar-refractivity contribution in [2.45, 2.75) is 0 Å². The van der Waals surface area contributed by atoms with Crippen LogP contribution in [0.15, 0.2) is 30.5 Å². The summed E-state index contributed by atoms with van der Waals surface area (Å²) in [6.45, 7) is 0. The second-order valence-electron chi connectivity index (χ2n) is 3.36. The number of pyridine rings is 1. The van der Waals surface area contributed by atoms with Crippen LogP contribution >= 0.6 is 23.2 Å². The molecule has 0 fully saturated rings. The van der Waals surface area contributed by atoms with Crippen LogP contribution in [0.3, 0.4) is 0 Å². The molecule has 2 rings (SSSR count). The van der Waals surface area contributed by atoms with Crippen LogP contribution in [0.1, 0.15) is 5.56 Å². The van der Waals surface area contributed by atoms with E-state index in [2.05, 4.69) is 11.1 Å². The summed E-state index contributed by atoms with van der Waals surface area (Å²) < 4.78 is 0. The first-order chi connectivity index (χ1) is 8.13. The number of aromatic nitrogens is 1. The Balaban J connectivity index is 2.68. The highest BCUT2D eigenvalue weighted by molar-refractivity contribution is 6.42. The van der Waals surface area contributed by atoms with Gasteiger partial charge in [0.2, 0.25) is 0 Å². The third-order valence-corrected chi connectivity index (χ3v) is 3.05. The summed E-state index contributed by atoms with van der Waals surface area (Å²) in [5, 5.41) is 9.90. The van der Waals surface area contributed by atoms with E-state index in [0.29, 0.717) is 27.0 Å². The largest absolute Gasteiger partial charge is 0.383 e. The highest BCUT2D eigenvalue weighted by Gasteiger charge is 2.11. The number of nitriles is 1. The molecule has 0 bridgehead atoms. The van der Waals surface area contributed by atoms with Gasteiger partial charge in [-0.1, -0.05) is 29.3 Å². The fraction of sp³-hybridized carbons (Fsp3) is 0. The summed E-state index contributed by atoms with van der Waals surface area (Å²) in [6.07, 6.45) is 1.49. The van der Waals surface area contributed by atoms with Gasteiger partial charge >= 0.3 is 0 Å². The Morgan fingerprint density at radius 1 is 1.18 bits per heavy atom. The van der Waals surface area contributed by atoms with E-state index in [0.717, 1.165) is 5.56 Å². The summed E-state index contributed by atoms with van der Waals surface area (Å²) in [6, 6.07) is 8.75. The molecule has 0 aliphatic carbocycles. The standard InChI is InChI=1S/C12H7Cl2N3/c13-9-2-1-7(5-10(9)14)11-8(6-15)3-4-17-12(11)16/h1-5H,(H2,16,17). The lowest BCUT2D eigenvalue weighted by Gasteiger charge is -2.07. The fourth-order valence-corrected chi connectivity index (χ4v) is 1.82. The first-order valence-electron chi connectivity index (χ1n) is 4.73. The third kappa shape index (κ3) is 2.19. The molecule has 17 heavy (non-hydrogen) atoms. The third-order valence-electron chi connectivity index (χ3n) is 2.31. The van der Waals surface area contributed by atoms with E-state index in [1.165, 1.54) is 6.20 Å². The Labute approximate surface area is 108 Å². The zero-order chi connectivity index (χ0) is 12.4. The van der Waals surface area contributed by atoms with Gasteiger partial charge < -0.3 is 5.73 Å². The summed E-state index contributed by atoms with van der Waals surface area (Å²) in [5.74, 6) is 0.294. The molecule has 0 unspecified atom stereocenters. The van der Waals surface area contributed by atoms with E-state index in [1.807, 2.05) is 0 Å². The Kier molecular flexibility index (Phi) is 3.19. The van der Waals surface area contributed by atoms with Crippen LogP contribution in [0.2, 0.25) is 10.0 Å². The van der Waals surface area contributed by atoms with Crippen molar-refractivity contribution < 1.29 is 0 Å². The molecule has 5 heteroatoms. The number of rotatable bonds is 1. The molecule has 1 aromatic heterocycles. The van der Waals surface area contributed by atoms with Gasteiger partial charge in [-0.3, -0.25) is 0 Å². The predicted octanol–water partition coefficient (Wildman–Crippen LogP) is 3.51. The monoisotopic (exact) mass is 263 g/mol. The number of nitrogens with zero attached hydrogens (tertiary/aromatic N) is 2. The van der Waals surface area contributed by atoms with Gasteiger partial charge in [-0.15, -0.1) is 0 Å². The van der Waals surface area contributed by atoms with Crippen LogP contribution in [-0.2, 0) is 0 Å². The van der Waals surface area contributed by atoms with Crippen molar-refractivity contribution in [1.82, 2.24) is 4.98 Å². The van der Waals surface area contributed by atoms with Crippen LogP contribution in [0.5, 0.6) is 0 Å². The number of nitrogen functional groups attached to an aromatic ring is 1. The highest BCUT2D eigenvalue weighted by Crippen LogP contribution is 2.32. The van der Waals surface area contributed by atoms with Gasteiger partial charge in [0.15, 0.2) is 0 Å². The van der Waals surface area contributed by atoms with E-state index in [1.54, 1.807) is 24.3 Å². The lowest BCUT2D eigenvalue weighted by atomic mass is 10.0. The molecule has 3 nitrogen and oxygen atoms in total. The number of benzene rings is 1. The van der Waals surface area contributed by atoms with Crippen LogP contribution in [0.4, 0.5) is 5.82 Å². The zero-order valence-electron chi connectivity index (χ0n) is 8.61. The molecule has 0 radical (unpaired) electrons. The van der Waals surface area contributed by atoms with Gasteiger partial charge in [-0.2, -0.15) is 5.26 Å². The Bertz CT molecular complexity index is 618. The molecule has 1 heterocycles. The minimum atomic E-state index is 0.294. The van der Waals surface area contributed by atoms with Crippen LogP contribution < -0.4 is 5.73 Å². The van der Waals surface area contributed by atoms with Gasteiger partial charge in [-0.25, -0.2) is 4.98 Å². The van der Waals surface area contributed by atoms with Crippen molar-refractivity contribution in [1.29, 1.82) is 5.26 Å². The van der Waals surface area contributed by atoms with Gasteiger partial charge in [0.05, 0.1) is 21.7 Å². The van der Waals surface area contributed by atoms with Crippen molar-refractivity contribution in [3.05, 3.63) is 46.1 Å². The quantitative estimate of drug-likeness (QED) is 0.857. The maximum atomic E-state index is 9.04. The summed E-state index contributed by atoms with van der Waals surface area (Å²) >= 11 is 11.8. The molecular weight excluding hydrogens is 257 g/mol. The first kappa shape index (κ1) is 11.7. The predicted molar refractivity (Wildman–Crippen MR) is 68.8 cm³/mol. The molecule has 1 aromatic carbocycles. The van der Waals surface area contributed by atoms with E-state index < -0.39 is 0 Å². The van der Waals surface area contributed by atoms with E-state index in [-0.39, 0.29) is 0 Å². The molecule has 2 N–H and O–H groups in total. The average molecular weight is 264 g/mol. The lowest BCUT2D eigenvalue weighted by Crippen LogP contribution is -1.96. The van der Waals surface area contributed by atoms with Gasteiger partial charge in [-0.05, 0) is 23.8 Å². The van der Waals surface area contributed by atoms with E-state index >= 15 is 0 Å². The van der Waals surface area contributed by atoms with E-state index in [9.17, 15) is 0 Å². The fourth-order valence-electron chi connectivity index (χ4n) is 1.53. The molecule has 0 atom stereocenters. The lowest BCUT2D eigenvalue weighted by molar-refractivity contribution is 1.32. The summed E-state index contributed by atoms with van der Waals surface area (Å²) in [4.78, 5) is 3.97. The number of halogens is 2. The molecule has 0 saturated heterocycles. The second kappa shape index (κ2) is 4.62. The van der Waals surface area contributed by atoms with Crippen molar-refractivity contribution in [3.63, 3.8) is 0 Å². The van der Waals surface area contributed by atoms with Gasteiger partial charge in [0.1, 0.15) is 5.82 Å².